The van der Waals surface area contributed by atoms with Crippen LogP contribution in [-0.4, -0.2) is 29.4 Å². The van der Waals surface area contributed by atoms with Crippen molar-refractivity contribution in [3.8, 4) is 0 Å². The standard InChI is InChI=1S/C8H14N4/c1-12-5-2-7(11-12)8-6-9-3-4-10-8/h2,5,8-10H,3-4,6H2,1H3. The smallest absolute Gasteiger partial charge is 0.0806 e. The lowest BCUT2D eigenvalue weighted by Crippen LogP contribution is -2.42. The molecule has 1 aromatic heterocycles. The Labute approximate surface area is 72.0 Å². The predicted molar refractivity (Wildman–Crippen MR) is 46.8 cm³/mol. The number of hydrogen-bond donors (Lipinski definition) is 2. The van der Waals surface area contributed by atoms with Crippen LogP contribution in [0.25, 0.3) is 0 Å². The number of hydrogen-bond acceptors (Lipinski definition) is 3. The molecule has 2 rings (SSSR count). The van der Waals surface area contributed by atoms with E-state index in [2.05, 4.69) is 21.8 Å². The van der Waals surface area contributed by atoms with Crippen molar-refractivity contribution >= 4 is 0 Å². The van der Waals surface area contributed by atoms with Crippen molar-refractivity contribution in [3.63, 3.8) is 0 Å². The fourth-order valence-corrected chi connectivity index (χ4v) is 1.48. The highest BCUT2D eigenvalue weighted by atomic mass is 15.3. The van der Waals surface area contributed by atoms with Gasteiger partial charge in [0.2, 0.25) is 0 Å². The Balaban J connectivity index is 2.08. The van der Waals surface area contributed by atoms with Gasteiger partial charge in [0.05, 0.1) is 11.7 Å². The highest BCUT2D eigenvalue weighted by molar-refractivity contribution is 5.06. The third-order valence-corrected chi connectivity index (χ3v) is 2.13. The summed E-state index contributed by atoms with van der Waals surface area (Å²) in [5.41, 5.74) is 1.13. The Morgan fingerprint density at radius 1 is 1.58 bits per heavy atom. The van der Waals surface area contributed by atoms with Gasteiger partial charge < -0.3 is 10.6 Å². The second-order valence-corrected chi connectivity index (χ2v) is 3.13. The molecule has 4 heteroatoms. The average Bonchev–Trinajstić information content (AvgIpc) is 2.54. The normalized spacial score (nSPS) is 24.2. The van der Waals surface area contributed by atoms with Crippen LogP contribution in [-0.2, 0) is 7.05 Å². The molecule has 1 atom stereocenters. The quantitative estimate of drug-likeness (QED) is 0.599. The summed E-state index contributed by atoms with van der Waals surface area (Å²) in [6, 6.07) is 2.45. The second kappa shape index (κ2) is 3.25. The molecule has 1 saturated heterocycles. The number of aryl methyl sites for hydroxylation is 1. The molecule has 0 bridgehead atoms. The van der Waals surface area contributed by atoms with Crippen molar-refractivity contribution in [1.82, 2.24) is 20.4 Å². The zero-order chi connectivity index (χ0) is 8.39. The molecule has 0 saturated carbocycles. The Morgan fingerprint density at radius 3 is 3.08 bits per heavy atom. The molecule has 0 amide bonds. The molecule has 0 spiro atoms. The fourth-order valence-electron chi connectivity index (χ4n) is 1.48. The molecule has 66 valence electrons. The third-order valence-electron chi connectivity index (χ3n) is 2.13. The van der Waals surface area contributed by atoms with Crippen LogP contribution in [0.15, 0.2) is 12.3 Å². The van der Waals surface area contributed by atoms with Gasteiger partial charge in [-0.15, -0.1) is 0 Å². The molecule has 2 N–H and O–H groups in total. The van der Waals surface area contributed by atoms with Crippen molar-refractivity contribution in [2.24, 2.45) is 7.05 Å². The maximum Gasteiger partial charge on any atom is 0.0806 e. The molecule has 1 unspecified atom stereocenters. The van der Waals surface area contributed by atoms with Crippen LogP contribution < -0.4 is 10.6 Å². The largest absolute Gasteiger partial charge is 0.314 e. The first kappa shape index (κ1) is 7.76. The van der Waals surface area contributed by atoms with Gasteiger partial charge in [-0.05, 0) is 6.07 Å². The van der Waals surface area contributed by atoms with Gasteiger partial charge in [-0.2, -0.15) is 5.10 Å². The topological polar surface area (TPSA) is 41.9 Å². The van der Waals surface area contributed by atoms with E-state index in [-0.39, 0.29) is 0 Å². The molecule has 12 heavy (non-hydrogen) atoms. The summed E-state index contributed by atoms with van der Waals surface area (Å²) in [5.74, 6) is 0. The van der Waals surface area contributed by atoms with Gasteiger partial charge in [0, 0.05) is 32.9 Å². The van der Waals surface area contributed by atoms with E-state index in [0.29, 0.717) is 6.04 Å². The van der Waals surface area contributed by atoms with Gasteiger partial charge in [0.15, 0.2) is 0 Å². The van der Waals surface area contributed by atoms with E-state index in [0.717, 1.165) is 25.3 Å². The fraction of sp³-hybridized carbons (Fsp3) is 0.625. The first-order valence-electron chi connectivity index (χ1n) is 4.30. The Bertz CT molecular complexity index is 249. The number of piperazine rings is 1. The minimum absolute atomic E-state index is 0.389. The van der Waals surface area contributed by atoms with Crippen LogP contribution in [0.5, 0.6) is 0 Å². The summed E-state index contributed by atoms with van der Waals surface area (Å²) in [5, 5.41) is 11.1. The SMILES string of the molecule is Cn1ccc(C2CNCCN2)n1. The average molecular weight is 166 g/mol. The minimum Gasteiger partial charge on any atom is -0.314 e. The molecule has 1 aromatic rings. The van der Waals surface area contributed by atoms with Gasteiger partial charge >= 0.3 is 0 Å². The maximum absolute atomic E-state index is 4.35. The maximum atomic E-state index is 4.35. The van der Waals surface area contributed by atoms with Crippen molar-refractivity contribution in [3.05, 3.63) is 18.0 Å². The van der Waals surface area contributed by atoms with Crippen LogP contribution in [0, 0.1) is 0 Å². The number of rotatable bonds is 1. The van der Waals surface area contributed by atoms with Gasteiger partial charge in [-0.25, -0.2) is 0 Å². The first-order chi connectivity index (χ1) is 5.86. The lowest BCUT2D eigenvalue weighted by Gasteiger charge is -2.22. The summed E-state index contributed by atoms with van der Waals surface area (Å²) in [6.45, 7) is 3.07. The van der Waals surface area contributed by atoms with Crippen LogP contribution >= 0.6 is 0 Å². The molecule has 4 nitrogen and oxygen atoms in total. The molecule has 1 aliphatic rings. The van der Waals surface area contributed by atoms with Gasteiger partial charge in [0.1, 0.15) is 0 Å². The number of nitrogens with zero attached hydrogens (tertiary/aromatic N) is 2. The minimum atomic E-state index is 0.389. The molecule has 0 radical (unpaired) electrons. The predicted octanol–water partition coefficient (Wildman–Crippen LogP) is -0.346. The van der Waals surface area contributed by atoms with Crippen LogP contribution in [0.2, 0.25) is 0 Å². The summed E-state index contributed by atoms with van der Waals surface area (Å²) in [4.78, 5) is 0. The van der Waals surface area contributed by atoms with Crippen molar-refractivity contribution < 1.29 is 0 Å². The summed E-state index contributed by atoms with van der Waals surface area (Å²) in [6.07, 6.45) is 1.98. The van der Waals surface area contributed by atoms with E-state index in [1.807, 2.05) is 17.9 Å². The number of aromatic nitrogens is 2. The number of nitrogens with one attached hydrogen (secondary N) is 2. The lowest BCUT2D eigenvalue weighted by atomic mass is 10.2. The Hall–Kier alpha value is -0.870. The molecular weight excluding hydrogens is 152 g/mol. The molecule has 1 aliphatic heterocycles. The zero-order valence-electron chi connectivity index (χ0n) is 7.25. The lowest BCUT2D eigenvalue weighted by molar-refractivity contribution is 0.420. The first-order valence-corrected chi connectivity index (χ1v) is 4.30. The van der Waals surface area contributed by atoms with E-state index in [9.17, 15) is 0 Å². The monoisotopic (exact) mass is 166 g/mol. The van der Waals surface area contributed by atoms with Crippen LogP contribution in [0.1, 0.15) is 11.7 Å². The van der Waals surface area contributed by atoms with Crippen molar-refractivity contribution in [2.45, 2.75) is 6.04 Å². The molecule has 0 aliphatic carbocycles. The van der Waals surface area contributed by atoms with E-state index in [4.69, 9.17) is 0 Å². The highest BCUT2D eigenvalue weighted by Gasteiger charge is 2.15. The van der Waals surface area contributed by atoms with Crippen LogP contribution in [0.3, 0.4) is 0 Å². The van der Waals surface area contributed by atoms with Gasteiger partial charge in [0.25, 0.3) is 0 Å². The molecule has 2 heterocycles. The van der Waals surface area contributed by atoms with Gasteiger partial charge in [-0.3, -0.25) is 4.68 Å². The van der Waals surface area contributed by atoms with Crippen LogP contribution in [0.4, 0.5) is 0 Å². The second-order valence-electron chi connectivity index (χ2n) is 3.13. The summed E-state index contributed by atoms with van der Waals surface area (Å²) >= 11 is 0. The van der Waals surface area contributed by atoms with E-state index in [1.54, 1.807) is 0 Å². The Kier molecular flexibility index (Phi) is 2.10. The molecule has 1 fully saturated rings. The van der Waals surface area contributed by atoms with Crippen molar-refractivity contribution in [1.29, 1.82) is 0 Å². The van der Waals surface area contributed by atoms with E-state index in [1.165, 1.54) is 0 Å². The van der Waals surface area contributed by atoms with Crippen molar-refractivity contribution in [2.75, 3.05) is 19.6 Å². The van der Waals surface area contributed by atoms with E-state index < -0.39 is 0 Å². The molecular formula is C8H14N4. The third kappa shape index (κ3) is 1.49. The molecule has 0 aromatic carbocycles. The summed E-state index contributed by atoms with van der Waals surface area (Å²) in [7, 11) is 1.94. The zero-order valence-corrected chi connectivity index (χ0v) is 7.25. The summed E-state index contributed by atoms with van der Waals surface area (Å²) < 4.78 is 1.84. The van der Waals surface area contributed by atoms with Gasteiger partial charge in [-0.1, -0.05) is 0 Å². The van der Waals surface area contributed by atoms with E-state index >= 15 is 0 Å². The highest BCUT2D eigenvalue weighted by Crippen LogP contribution is 2.09. The Morgan fingerprint density at radius 2 is 2.50 bits per heavy atom.